The predicted molar refractivity (Wildman–Crippen MR) is 169 cm³/mol. The molecular formula is C32H49N5O8. The van der Waals surface area contributed by atoms with Gasteiger partial charge >= 0.3 is 6.09 Å². The first-order valence-electron chi connectivity index (χ1n) is 15.1. The van der Waals surface area contributed by atoms with Crippen molar-refractivity contribution in [1.29, 1.82) is 0 Å². The molecule has 2 rings (SSSR count). The van der Waals surface area contributed by atoms with Gasteiger partial charge < -0.3 is 40.7 Å². The van der Waals surface area contributed by atoms with E-state index in [0.717, 1.165) is 6.08 Å². The van der Waals surface area contributed by atoms with Crippen LogP contribution in [0.3, 0.4) is 0 Å². The third-order valence-electron chi connectivity index (χ3n) is 7.92. The quantitative estimate of drug-likeness (QED) is 0.141. The second-order valence-corrected chi connectivity index (χ2v) is 11.9. The molecular weight excluding hydrogens is 582 g/mol. The highest BCUT2D eigenvalue weighted by molar-refractivity contribution is 6.23. The van der Waals surface area contributed by atoms with Crippen LogP contribution in [0.15, 0.2) is 51.5 Å². The Morgan fingerprint density at radius 2 is 1.87 bits per heavy atom. The highest BCUT2D eigenvalue weighted by Gasteiger charge is 2.33. The first-order valence-corrected chi connectivity index (χ1v) is 15.1. The highest BCUT2D eigenvalue weighted by Crippen LogP contribution is 2.28. The van der Waals surface area contributed by atoms with Crippen LogP contribution in [0.25, 0.3) is 0 Å². The van der Waals surface area contributed by atoms with Gasteiger partial charge in [-0.3, -0.25) is 14.4 Å². The van der Waals surface area contributed by atoms with Gasteiger partial charge in [0, 0.05) is 50.4 Å². The number of hydrogen-bond acceptors (Lipinski definition) is 11. The van der Waals surface area contributed by atoms with Gasteiger partial charge in [-0.15, -0.1) is 0 Å². The zero-order valence-corrected chi connectivity index (χ0v) is 27.6. The van der Waals surface area contributed by atoms with Gasteiger partial charge in [0.2, 0.25) is 11.6 Å². The third kappa shape index (κ3) is 10.6. The zero-order chi connectivity index (χ0) is 33.8. The molecule has 2 aliphatic rings. The minimum absolute atomic E-state index is 0.102. The number of rotatable bonds is 7. The van der Waals surface area contributed by atoms with Crippen molar-refractivity contribution in [2.24, 2.45) is 22.7 Å². The van der Waals surface area contributed by atoms with Gasteiger partial charge in [-0.1, -0.05) is 31.2 Å². The van der Waals surface area contributed by atoms with Crippen LogP contribution in [0, 0.1) is 11.8 Å². The number of nitrogens with one attached hydrogen (secondary N) is 2. The van der Waals surface area contributed by atoms with Crippen molar-refractivity contribution < 1.29 is 38.6 Å². The molecule has 2 bridgehead atoms. The maximum Gasteiger partial charge on any atom is 0.405 e. The summed E-state index contributed by atoms with van der Waals surface area (Å²) in [7, 11) is 6.78. The summed E-state index contributed by atoms with van der Waals surface area (Å²) < 4.78 is 16.8. The van der Waals surface area contributed by atoms with Crippen LogP contribution in [0.2, 0.25) is 0 Å². The molecule has 0 saturated carbocycles. The van der Waals surface area contributed by atoms with Crippen molar-refractivity contribution >= 4 is 29.3 Å². The number of primary amides is 1. The molecule has 0 spiro atoms. The van der Waals surface area contributed by atoms with E-state index in [4.69, 9.17) is 19.9 Å². The average Bonchev–Trinajstić information content (AvgIpc) is 2.97. The molecule has 2 amide bonds. The van der Waals surface area contributed by atoms with Crippen LogP contribution < -0.4 is 16.4 Å². The van der Waals surface area contributed by atoms with Crippen molar-refractivity contribution in [3.8, 4) is 0 Å². The Morgan fingerprint density at radius 1 is 1.18 bits per heavy atom. The molecule has 0 aromatic rings. The maximum atomic E-state index is 13.7. The van der Waals surface area contributed by atoms with Crippen molar-refractivity contribution in [2.75, 3.05) is 41.4 Å². The fourth-order valence-corrected chi connectivity index (χ4v) is 5.50. The summed E-state index contributed by atoms with van der Waals surface area (Å²) in [6.07, 6.45) is 2.80. The first kappa shape index (κ1) is 37.4. The summed E-state index contributed by atoms with van der Waals surface area (Å²) in [5.41, 5.74) is 7.03. The topological polar surface area (TPSA) is 182 Å². The molecule has 1 aliphatic heterocycles. The van der Waals surface area contributed by atoms with E-state index in [1.165, 1.54) is 14.2 Å². The number of oxime groups is 1. The summed E-state index contributed by atoms with van der Waals surface area (Å²) in [6.45, 7) is 8.16. The van der Waals surface area contributed by atoms with Crippen LogP contribution in [-0.2, 0) is 28.6 Å². The number of methoxy groups -OCH3 is 2. The van der Waals surface area contributed by atoms with Crippen LogP contribution in [0.4, 0.5) is 4.79 Å². The van der Waals surface area contributed by atoms with Gasteiger partial charge in [-0.2, -0.15) is 0 Å². The molecule has 1 heterocycles. The van der Waals surface area contributed by atoms with E-state index in [9.17, 15) is 24.4 Å². The second kappa shape index (κ2) is 17.6. The van der Waals surface area contributed by atoms with E-state index in [1.54, 1.807) is 26.0 Å². The second-order valence-electron chi connectivity index (χ2n) is 11.9. The van der Waals surface area contributed by atoms with E-state index in [-0.39, 0.29) is 29.3 Å². The van der Waals surface area contributed by atoms with Crippen LogP contribution in [0.1, 0.15) is 53.4 Å². The first-order chi connectivity index (χ1) is 21.2. The summed E-state index contributed by atoms with van der Waals surface area (Å²) in [4.78, 5) is 53.9. The number of hydrogen-bond donors (Lipinski definition) is 4. The fraction of sp³-hybridized carbons (Fsp3) is 0.594. The minimum Gasteiger partial charge on any atom is -0.439 e. The molecule has 13 heteroatoms. The average molecular weight is 632 g/mol. The largest absolute Gasteiger partial charge is 0.439 e. The standard InChI is InChI=1S/C32H49N5O8/c1-18-14-22-28(34-12-13-37(5)6)24(38)17-23(29(22)39)35-31(40)19(2)10-9-11-25(43-7)30(45-32(33)41)21(4)16-20(3)27(36-42)26(15-18)44-8/h10,16-18,20,25-26,30,34,42H,9,11-15H2,1-8H3,(H2,33,41)(H,35,40)/b19-10+,21-16+,36-27+/t18-,20+,25+,26+,30+/m1/s1. The van der Waals surface area contributed by atoms with Gasteiger partial charge in [0.15, 0.2) is 6.10 Å². The van der Waals surface area contributed by atoms with Crippen LogP contribution in [0.5, 0.6) is 0 Å². The predicted octanol–water partition coefficient (Wildman–Crippen LogP) is 2.61. The molecule has 13 nitrogen and oxygen atoms in total. The van der Waals surface area contributed by atoms with Gasteiger partial charge in [0.1, 0.15) is 0 Å². The molecule has 0 fully saturated rings. The summed E-state index contributed by atoms with van der Waals surface area (Å²) in [5, 5.41) is 19.4. The number of carbonyl (C=O) groups excluding carboxylic acids is 4. The van der Waals surface area contributed by atoms with Crippen molar-refractivity contribution in [3.63, 3.8) is 0 Å². The molecule has 250 valence electrons. The number of Topliss-reactive ketones (excluding diaryl/α,β-unsaturated/α-hetero) is 1. The zero-order valence-electron chi connectivity index (χ0n) is 27.6. The van der Waals surface area contributed by atoms with Crippen molar-refractivity contribution in [2.45, 2.75) is 71.7 Å². The van der Waals surface area contributed by atoms with Crippen molar-refractivity contribution in [1.82, 2.24) is 15.5 Å². The Labute approximate surface area is 265 Å². The lowest BCUT2D eigenvalue weighted by atomic mass is 9.85. The number of carbonyl (C=O) groups is 4. The van der Waals surface area contributed by atoms with Crippen LogP contribution >= 0.6 is 0 Å². The normalized spacial score (nSPS) is 29.4. The molecule has 0 unspecified atom stereocenters. The van der Waals surface area contributed by atoms with Crippen molar-refractivity contribution in [3.05, 3.63) is 46.3 Å². The Hall–Kier alpha value is -3.81. The molecule has 1 aliphatic carbocycles. The number of allylic oxidation sites excluding steroid dienone is 4. The number of ketones is 2. The molecule has 0 radical (unpaired) electrons. The maximum absolute atomic E-state index is 13.7. The monoisotopic (exact) mass is 631 g/mol. The van der Waals surface area contributed by atoms with E-state index in [0.29, 0.717) is 49.2 Å². The molecule has 5 atom stereocenters. The van der Waals surface area contributed by atoms with E-state index in [2.05, 4.69) is 15.8 Å². The number of amides is 2. The minimum atomic E-state index is -0.977. The fourth-order valence-electron chi connectivity index (χ4n) is 5.50. The van der Waals surface area contributed by atoms with E-state index >= 15 is 0 Å². The number of likely N-dealkylation sites (N-methyl/N-ethyl adjacent to an activating group) is 1. The summed E-state index contributed by atoms with van der Waals surface area (Å²) in [6, 6.07) is 0. The molecule has 0 aromatic heterocycles. The Bertz CT molecular complexity index is 1270. The number of nitrogens with zero attached hydrogens (tertiary/aromatic N) is 2. The SMILES string of the molecule is CO[C@H]1C[C@H](C)CC2=C(NCCN(C)C)C(=O)C=C(NC(=O)/C(C)=C/CC[C@H](OC)[C@@H](OC(N)=O)/C(C)=C/[C@H](C)/C1=N\O)C2=O. The molecule has 0 saturated heterocycles. The lowest BCUT2D eigenvalue weighted by Gasteiger charge is -2.28. The Balaban J connectivity index is 2.61. The van der Waals surface area contributed by atoms with Gasteiger partial charge in [-0.25, -0.2) is 4.79 Å². The summed E-state index contributed by atoms with van der Waals surface area (Å²) >= 11 is 0. The van der Waals surface area contributed by atoms with E-state index in [1.807, 2.05) is 32.8 Å². The number of nitrogens with two attached hydrogens (primary N) is 1. The number of fused-ring (bicyclic) bond motifs is 2. The highest BCUT2D eigenvalue weighted by atomic mass is 16.6. The number of ether oxygens (including phenoxy) is 3. The smallest absolute Gasteiger partial charge is 0.405 e. The molecule has 5 N–H and O–H groups in total. The van der Waals surface area contributed by atoms with Gasteiger partial charge in [-0.05, 0) is 65.1 Å². The lowest BCUT2D eigenvalue weighted by Crippen LogP contribution is -2.38. The Morgan fingerprint density at radius 3 is 2.44 bits per heavy atom. The van der Waals surface area contributed by atoms with Crippen LogP contribution in [-0.4, -0.2) is 99.1 Å². The lowest BCUT2D eigenvalue weighted by molar-refractivity contribution is -0.120. The van der Waals surface area contributed by atoms with Gasteiger partial charge in [0.25, 0.3) is 5.91 Å². The molecule has 0 aromatic carbocycles. The third-order valence-corrected chi connectivity index (χ3v) is 7.92. The Kier molecular flexibility index (Phi) is 14.6. The van der Waals surface area contributed by atoms with Gasteiger partial charge in [0.05, 0.1) is 29.3 Å². The summed E-state index contributed by atoms with van der Waals surface area (Å²) in [5.74, 6) is -2.05. The molecule has 45 heavy (non-hydrogen) atoms. The van der Waals surface area contributed by atoms with E-state index < -0.39 is 47.8 Å².